The van der Waals surface area contributed by atoms with Crippen LogP contribution in [0.5, 0.6) is 5.75 Å². The molecule has 0 aromatic heterocycles. The fraction of sp³-hybridized carbons (Fsp3) is 0.474. The average Bonchev–Trinajstić information content (AvgIpc) is 2.92. The van der Waals surface area contributed by atoms with Crippen LogP contribution < -0.4 is 10.1 Å². The number of hydrogen-bond acceptors (Lipinski definition) is 5. The number of likely N-dealkylation sites (N-methyl/N-ethyl adjacent to an activating group) is 1. The molecule has 0 saturated carbocycles. The first-order valence-corrected chi connectivity index (χ1v) is 12.2. The summed E-state index contributed by atoms with van der Waals surface area (Å²) >= 11 is 0. The van der Waals surface area contributed by atoms with Crippen molar-refractivity contribution in [1.29, 1.82) is 0 Å². The van der Waals surface area contributed by atoms with Crippen LogP contribution in [-0.4, -0.2) is 58.2 Å². The Labute approximate surface area is 164 Å². The van der Waals surface area contributed by atoms with Gasteiger partial charge in [-0.2, -0.15) is 0 Å². The first-order chi connectivity index (χ1) is 13.0. The first kappa shape index (κ1) is 21.9. The summed E-state index contributed by atoms with van der Waals surface area (Å²) in [4.78, 5) is 26.5. The van der Waals surface area contributed by atoms with E-state index in [1.165, 1.54) is 19.1 Å². The molecule has 152 valence electrons. The quantitative estimate of drug-likeness (QED) is 0.457. The van der Waals surface area contributed by atoms with Gasteiger partial charge in [-0.1, -0.05) is 25.6 Å². The zero-order valence-electron chi connectivity index (χ0n) is 16.8. The Morgan fingerprint density at radius 3 is 2.50 bits per heavy atom. The van der Waals surface area contributed by atoms with E-state index in [0.717, 1.165) is 13.2 Å². The van der Waals surface area contributed by atoms with Crippen molar-refractivity contribution in [1.82, 2.24) is 10.2 Å². The molecular weight excluding hydrogens is 386 g/mol. The lowest BCUT2D eigenvalue weighted by molar-refractivity contribution is -0.146. The molecule has 28 heavy (non-hydrogen) atoms. The van der Waals surface area contributed by atoms with Crippen LogP contribution in [0.15, 0.2) is 6.07 Å². The normalized spacial score (nSPS) is 15.4. The van der Waals surface area contributed by atoms with Crippen LogP contribution in [0.2, 0.25) is 19.6 Å². The van der Waals surface area contributed by atoms with Gasteiger partial charge in [-0.05, 0) is 18.7 Å². The number of hydrogen-bond donors (Lipinski definition) is 1. The molecule has 2 rings (SSSR count). The number of amides is 1. The molecule has 1 aliphatic rings. The second-order valence-corrected chi connectivity index (χ2v) is 12.3. The van der Waals surface area contributed by atoms with Gasteiger partial charge in [0.05, 0.1) is 26.3 Å². The minimum Gasteiger partial charge on any atom is -0.491 e. The van der Waals surface area contributed by atoms with Crippen molar-refractivity contribution in [3.8, 4) is 17.2 Å². The number of halogens is 2. The van der Waals surface area contributed by atoms with E-state index in [2.05, 4.69) is 16.8 Å². The molecule has 1 N–H and O–H groups in total. The van der Waals surface area contributed by atoms with Crippen molar-refractivity contribution in [2.24, 2.45) is 0 Å². The molecule has 1 aromatic rings. The highest BCUT2D eigenvalue weighted by Crippen LogP contribution is 2.33. The zero-order chi connectivity index (χ0) is 21.3. The second-order valence-electron chi connectivity index (χ2n) is 7.55. The summed E-state index contributed by atoms with van der Waals surface area (Å²) in [7, 11) is 2.04. The van der Waals surface area contributed by atoms with E-state index in [-0.39, 0.29) is 24.2 Å². The van der Waals surface area contributed by atoms with Gasteiger partial charge in [-0.25, -0.2) is 13.6 Å². The molecule has 1 amide bonds. The summed E-state index contributed by atoms with van der Waals surface area (Å²) < 4.78 is 38.2. The molecule has 1 aliphatic heterocycles. The van der Waals surface area contributed by atoms with Crippen LogP contribution in [0.1, 0.15) is 15.9 Å². The summed E-state index contributed by atoms with van der Waals surface area (Å²) in [5.74, 6) is -0.935. The highest BCUT2D eigenvalue weighted by atomic mass is 28.3. The van der Waals surface area contributed by atoms with Crippen LogP contribution >= 0.6 is 0 Å². The zero-order valence-corrected chi connectivity index (χ0v) is 17.8. The van der Waals surface area contributed by atoms with Gasteiger partial charge in [0.15, 0.2) is 22.9 Å². The SMILES string of the molecule is CN[C@](C#C[Si](C)(C)C)(CN1Cc2cc(F)c(OC)c(F)c2C1=O)C(=O)OC. The minimum atomic E-state index is -1.85. The van der Waals surface area contributed by atoms with E-state index in [1.54, 1.807) is 0 Å². The molecule has 1 atom stereocenters. The molecule has 1 aromatic carbocycles. The molecule has 9 heteroatoms. The fourth-order valence-electron chi connectivity index (χ4n) is 2.91. The second kappa shape index (κ2) is 7.89. The summed E-state index contributed by atoms with van der Waals surface area (Å²) in [6.07, 6.45) is 0. The Hall–Kier alpha value is -2.44. The summed E-state index contributed by atoms with van der Waals surface area (Å²) in [6.45, 7) is 5.81. The number of carbonyl (C=O) groups excluding carboxylic acids is 2. The Morgan fingerprint density at radius 1 is 1.36 bits per heavy atom. The number of benzene rings is 1. The van der Waals surface area contributed by atoms with Crippen molar-refractivity contribution in [2.45, 2.75) is 31.7 Å². The lowest BCUT2D eigenvalue weighted by atomic mass is 10.0. The van der Waals surface area contributed by atoms with Crippen LogP contribution in [0, 0.1) is 23.1 Å². The number of esters is 1. The van der Waals surface area contributed by atoms with E-state index in [0.29, 0.717) is 0 Å². The van der Waals surface area contributed by atoms with Crippen molar-refractivity contribution in [2.75, 3.05) is 27.8 Å². The van der Waals surface area contributed by atoms with Gasteiger partial charge in [0.25, 0.3) is 5.91 Å². The molecule has 0 saturated heterocycles. The number of carbonyl (C=O) groups is 2. The molecule has 6 nitrogen and oxygen atoms in total. The van der Waals surface area contributed by atoms with E-state index in [9.17, 15) is 18.4 Å². The Bertz CT molecular complexity index is 873. The van der Waals surface area contributed by atoms with Crippen molar-refractivity contribution in [3.63, 3.8) is 0 Å². The van der Waals surface area contributed by atoms with Crippen LogP contribution in [0.25, 0.3) is 0 Å². The van der Waals surface area contributed by atoms with Gasteiger partial charge in [-0.3, -0.25) is 10.1 Å². The van der Waals surface area contributed by atoms with E-state index in [4.69, 9.17) is 9.47 Å². The molecule has 0 radical (unpaired) electrons. The van der Waals surface area contributed by atoms with Gasteiger partial charge in [0.1, 0.15) is 8.07 Å². The fourth-order valence-corrected chi connectivity index (χ4v) is 3.50. The van der Waals surface area contributed by atoms with Crippen LogP contribution in [0.4, 0.5) is 8.78 Å². The molecule has 0 aliphatic carbocycles. The van der Waals surface area contributed by atoms with Crippen molar-refractivity contribution < 1.29 is 27.8 Å². The van der Waals surface area contributed by atoms with E-state index in [1.807, 2.05) is 19.6 Å². The molecule has 0 fully saturated rings. The highest BCUT2D eigenvalue weighted by molar-refractivity contribution is 6.83. The number of nitrogens with zero attached hydrogens (tertiary/aromatic N) is 1. The maximum absolute atomic E-state index is 14.6. The van der Waals surface area contributed by atoms with Gasteiger partial charge >= 0.3 is 5.97 Å². The van der Waals surface area contributed by atoms with Crippen molar-refractivity contribution in [3.05, 3.63) is 28.8 Å². The van der Waals surface area contributed by atoms with Gasteiger partial charge in [0, 0.05) is 6.54 Å². The Morgan fingerprint density at radius 2 is 2.00 bits per heavy atom. The van der Waals surface area contributed by atoms with Gasteiger partial charge in [-0.15, -0.1) is 5.54 Å². The number of ether oxygens (including phenoxy) is 2. The minimum absolute atomic E-state index is 0.0545. The predicted molar refractivity (Wildman–Crippen MR) is 103 cm³/mol. The lowest BCUT2D eigenvalue weighted by Crippen LogP contribution is -2.57. The summed E-state index contributed by atoms with van der Waals surface area (Å²) in [5.41, 5.74) is 1.56. The number of fused-ring (bicyclic) bond motifs is 1. The predicted octanol–water partition coefficient (Wildman–Crippen LogP) is 1.94. The average molecular weight is 410 g/mol. The number of nitrogens with one attached hydrogen (secondary N) is 1. The number of rotatable bonds is 5. The third-order valence-electron chi connectivity index (χ3n) is 4.36. The maximum Gasteiger partial charge on any atom is 0.340 e. The Balaban J connectivity index is 2.46. The largest absolute Gasteiger partial charge is 0.491 e. The monoisotopic (exact) mass is 410 g/mol. The van der Waals surface area contributed by atoms with Gasteiger partial charge in [0.2, 0.25) is 0 Å². The summed E-state index contributed by atoms with van der Waals surface area (Å²) in [6, 6.07) is 1.07. The third kappa shape index (κ3) is 4.03. The third-order valence-corrected chi connectivity index (χ3v) is 5.24. The molecule has 1 heterocycles. The van der Waals surface area contributed by atoms with E-state index >= 15 is 0 Å². The molecule has 0 bridgehead atoms. The van der Waals surface area contributed by atoms with E-state index < -0.39 is 42.9 Å². The smallest absolute Gasteiger partial charge is 0.340 e. The van der Waals surface area contributed by atoms with Gasteiger partial charge < -0.3 is 14.4 Å². The molecular formula is C19H24F2N2O4Si. The van der Waals surface area contributed by atoms with Crippen LogP contribution in [-0.2, 0) is 16.1 Å². The lowest BCUT2D eigenvalue weighted by Gasteiger charge is -2.30. The number of methoxy groups -OCH3 is 2. The Kier molecular flexibility index (Phi) is 6.16. The summed E-state index contributed by atoms with van der Waals surface area (Å²) in [5, 5.41) is 2.85. The standard InChI is InChI=1S/C19H24F2N2O4Si/c1-22-19(18(25)27-3,7-8-28(4,5)6)11-23-10-12-9-13(20)16(26-2)15(21)14(12)17(23)24/h9,22H,10-11H2,1-6H3/t19-/m1/s1. The molecule has 0 spiro atoms. The topological polar surface area (TPSA) is 67.9 Å². The first-order valence-electron chi connectivity index (χ1n) is 8.65. The highest BCUT2D eigenvalue weighted by Gasteiger charge is 2.43. The van der Waals surface area contributed by atoms with Crippen molar-refractivity contribution >= 4 is 20.0 Å². The van der Waals surface area contributed by atoms with Crippen LogP contribution in [0.3, 0.4) is 0 Å². The molecule has 0 unspecified atom stereocenters. The maximum atomic E-state index is 14.6.